The van der Waals surface area contributed by atoms with Crippen molar-refractivity contribution in [2.24, 2.45) is 22.7 Å². The monoisotopic (exact) mass is 516 g/mol. The lowest BCUT2D eigenvalue weighted by atomic mass is 9.45. The van der Waals surface area contributed by atoms with Crippen LogP contribution in [0, 0.1) is 29.6 Å². The number of aryl methyl sites for hydroxylation is 1. The lowest BCUT2D eigenvalue weighted by Crippen LogP contribution is -2.70. The van der Waals surface area contributed by atoms with Gasteiger partial charge in [-0.05, 0) is 91.3 Å². The zero-order valence-electron chi connectivity index (χ0n) is 22.9. The maximum Gasteiger partial charge on any atom is 0.381 e. The van der Waals surface area contributed by atoms with Gasteiger partial charge in [0.2, 0.25) is 0 Å². The van der Waals surface area contributed by atoms with Gasteiger partial charge in [0.15, 0.2) is 0 Å². The third-order valence-corrected chi connectivity index (χ3v) is 18.2. The van der Waals surface area contributed by atoms with Crippen LogP contribution in [0.2, 0.25) is 11.1 Å². The molecule has 0 N–H and O–H groups in total. The first-order chi connectivity index (χ1) is 16.2. The molecule has 0 saturated heterocycles. The molecule has 0 spiro atoms. The Morgan fingerprint density at radius 2 is 1.63 bits per heavy atom. The number of nitrogens with zero attached hydrogens (tertiary/aromatic N) is 2. The van der Waals surface area contributed by atoms with Crippen LogP contribution in [0.5, 0.6) is 0 Å². The van der Waals surface area contributed by atoms with Crippen molar-refractivity contribution in [2.45, 2.75) is 115 Å². The molecule has 3 saturated carbocycles. The molecule has 7 heteroatoms. The average molecular weight is 517 g/mol. The highest BCUT2D eigenvalue weighted by atomic mass is 32.2. The summed E-state index contributed by atoms with van der Waals surface area (Å²) in [5, 5.41) is 0. The van der Waals surface area contributed by atoms with Crippen LogP contribution < -0.4 is 0 Å². The fourth-order valence-corrected chi connectivity index (χ4v) is 16.6. The Bertz CT molecular complexity index is 1130. The molecule has 3 fully saturated rings. The predicted octanol–water partition coefficient (Wildman–Crippen LogP) is 7.10. The Hall–Kier alpha value is -1.27. The fourth-order valence-electron chi connectivity index (χ4n) is 8.05. The van der Waals surface area contributed by atoms with E-state index in [0.717, 1.165) is 37.2 Å². The van der Waals surface area contributed by atoms with Gasteiger partial charge >= 0.3 is 13.0 Å². The minimum Gasteiger partial charge on any atom is -0.398 e. The number of hydrogen-bond acceptors (Lipinski definition) is 3. The first-order valence-electron chi connectivity index (χ1n) is 13.4. The smallest absolute Gasteiger partial charge is 0.381 e. The van der Waals surface area contributed by atoms with Crippen LogP contribution in [0.3, 0.4) is 0 Å². The summed E-state index contributed by atoms with van der Waals surface area (Å²) in [7, 11) is -7.28. The minimum absolute atomic E-state index is 0.0416. The molecule has 0 radical (unpaired) electrons. The van der Waals surface area contributed by atoms with Gasteiger partial charge in [0.1, 0.15) is 0 Å². The van der Waals surface area contributed by atoms with E-state index in [-0.39, 0.29) is 31.7 Å². The van der Waals surface area contributed by atoms with E-state index in [9.17, 15) is 13.9 Å². The molecule has 1 aromatic rings. The van der Waals surface area contributed by atoms with Gasteiger partial charge in [-0.25, -0.2) is 8.42 Å². The van der Waals surface area contributed by atoms with Crippen molar-refractivity contribution in [1.29, 1.82) is 0 Å². The molecule has 0 heterocycles. The van der Waals surface area contributed by atoms with Crippen LogP contribution in [0.25, 0.3) is 5.53 Å². The maximum absolute atomic E-state index is 14.0. The van der Waals surface area contributed by atoms with E-state index in [1.807, 2.05) is 6.92 Å². The number of fused-ring (bicyclic) bond motifs is 3. The normalized spacial score (nSPS) is 32.1. The molecule has 1 aromatic carbocycles. The third-order valence-electron chi connectivity index (χ3n) is 10.1. The second kappa shape index (κ2) is 8.65. The molecule has 0 bridgehead atoms. The van der Waals surface area contributed by atoms with Crippen LogP contribution in [0.4, 0.5) is 0 Å². The van der Waals surface area contributed by atoms with Crippen molar-refractivity contribution in [1.82, 2.24) is 0 Å². The van der Waals surface area contributed by atoms with Crippen LogP contribution in [-0.2, 0) is 14.3 Å². The molecule has 3 aliphatic carbocycles. The third kappa shape index (κ3) is 3.92. The fraction of sp³-hybridized carbons (Fsp3) is 0.750. The highest BCUT2D eigenvalue weighted by Gasteiger charge is 2.71. The number of hydrogen-bond donors (Lipinski definition) is 0. The van der Waals surface area contributed by atoms with E-state index in [1.54, 1.807) is 24.3 Å². The largest absolute Gasteiger partial charge is 0.398 e. The van der Waals surface area contributed by atoms with Gasteiger partial charge in [-0.1, -0.05) is 66.2 Å². The first-order valence-corrected chi connectivity index (χ1v) is 16.9. The topological polar surface area (TPSA) is 79.8 Å². The van der Waals surface area contributed by atoms with Gasteiger partial charge in [-0.3, -0.25) is 0 Å². The summed E-state index contributed by atoms with van der Waals surface area (Å²) < 4.78 is 35.3. The van der Waals surface area contributed by atoms with Crippen molar-refractivity contribution in [3.05, 3.63) is 35.4 Å². The minimum atomic E-state index is -4.01. The molecule has 0 amide bonds. The summed E-state index contributed by atoms with van der Waals surface area (Å²) in [4.78, 5) is 3.77. The van der Waals surface area contributed by atoms with Crippen molar-refractivity contribution < 1.29 is 17.6 Å². The average Bonchev–Trinajstić information content (AvgIpc) is 3.08. The molecule has 0 aromatic heterocycles. The predicted molar refractivity (Wildman–Crippen MR) is 143 cm³/mol. The summed E-state index contributed by atoms with van der Waals surface area (Å²) in [6, 6.07) is 6.82. The van der Waals surface area contributed by atoms with Gasteiger partial charge in [-0.15, -0.1) is 0 Å². The van der Waals surface area contributed by atoms with Gasteiger partial charge in [0.05, 0.1) is 10.5 Å². The van der Waals surface area contributed by atoms with Crippen molar-refractivity contribution >= 4 is 22.8 Å². The van der Waals surface area contributed by atoms with Crippen LogP contribution in [0.1, 0.15) is 92.6 Å². The molecular formula is C28H44N2O3SSi. The Labute approximate surface area is 213 Å². The Morgan fingerprint density at radius 1 is 1.03 bits per heavy atom. The lowest BCUT2D eigenvalue weighted by Gasteiger charge is -2.67. The molecule has 4 atom stereocenters. The summed E-state index contributed by atoms with van der Waals surface area (Å²) in [5.41, 5.74) is 11.3. The summed E-state index contributed by atoms with van der Waals surface area (Å²) >= 11 is 0. The molecule has 0 unspecified atom stereocenters. The van der Waals surface area contributed by atoms with E-state index in [4.69, 9.17) is 4.43 Å². The van der Waals surface area contributed by atoms with Crippen LogP contribution >= 0.6 is 0 Å². The van der Waals surface area contributed by atoms with Crippen molar-refractivity contribution in [3.63, 3.8) is 0 Å². The SMILES string of the molecule is Cc1ccc(S(=O)(=O)C(=[N+]=[N-])[Si](O[C@@]23CC[C@H]4CC(C)(C)C[C@H]4[C@]2(C)CC3)(C(C)C)C(C)C)cc1. The molecule has 5 nitrogen and oxygen atoms in total. The molecule has 3 aliphatic rings. The molecule has 194 valence electrons. The van der Waals surface area contributed by atoms with E-state index in [1.165, 1.54) is 12.8 Å². The number of sulfone groups is 1. The maximum atomic E-state index is 14.0. The molecule has 35 heavy (non-hydrogen) atoms. The second-order valence-electron chi connectivity index (χ2n) is 13.3. The van der Waals surface area contributed by atoms with E-state index in [0.29, 0.717) is 11.3 Å². The summed E-state index contributed by atoms with van der Waals surface area (Å²) in [5.74, 6) is 1.33. The highest BCUT2D eigenvalue weighted by molar-refractivity contribution is 8.10. The van der Waals surface area contributed by atoms with Gasteiger partial charge < -0.3 is 9.96 Å². The molecule has 4 rings (SSSR count). The standard InChI is InChI=1S/C28H44N2O3SSi/c1-19(2)35(20(3)4,25(30-29)34(31,32)23-11-9-21(5)10-12-23)33-28-14-13-22-17-26(6,7)18-24(22)27(28,8)15-16-28/h9-12,19-20,22,24H,13-18H2,1-8H3/t22-,24+,27-,28+/m0/s1. The van der Waals surface area contributed by atoms with Crippen molar-refractivity contribution in [2.75, 3.05) is 0 Å². The Morgan fingerprint density at radius 3 is 2.11 bits per heavy atom. The summed E-state index contributed by atoms with van der Waals surface area (Å²) in [6.07, 6.45) is 6.68. The highest BCUT2D eigenvalue weighted by Crippen LogP contribution is 2.70. The van der Waals surface area contributed by atoms with Gasteiger partial charge in [0.25, 0.3) is 9.84 Å². The first kappa shape index (κ1) is 26.8. The van der Waals surface area contributed by atoms with E-state index >= 15 is 0 Å². The molecule has 0 aliphatic heterocycles. The zero-order chi connectivity index (χ0) is 26.0. The summed E-state index contributed by atoms with van der Waals surface area (Å²) in [6.45, 7) is 17.3. The van der Waals surface area contributed by atoms with E-state index < -0.39 is 18.2 Å². The number of benzene rings is 1. The van der Waals surface area contributed by atoms with Gasteiger partial charge in [-0.2, -0.15) is 4.79 Å². The van der Waals surface area contributed by atoms with Gasteiger partial charge in [0, 0.05) is 0 Å². The van der Waals surface area contributed by atoms with Crippen molar-refractivity contribution in [3.8, 4) is 0 Å². The molecular weight excluding hydrogens is 472 g/mol. The quantitative estimate of drug-likeness (QED) is 0.133. The second-order valence-corrected chi connectivity index (χ2v) is 20.1. The Balaban J connectivity index is 1.81. The lowest BCUT2D eigenvalue weighted by molar-refractivity contribution is -0.209. The Kier molecular flexibility index (Phi) is 6.62. The van der Waals surface area contributed by atoms with Crippen LogP contribution in [0.15, 0.2) is 29.2 Å². The number of rotatable bonds is 6. The van der Waals surface area contributed by atoms with E-state index in [2.05, 4.69) is 53.3 Å². The van der Waals surface area contributed by atoms with Crippen LogP contribution in [-0.4, -0.2) is 31.8 Å². The zero-order valence-corrected chi connectivity index (χ0v) is 24.7.